The molecule has 3 atom stereocenters. The number of rotatable bonds is 8. The molecule has 3 aromatic rings. The Morgan fingerprint density at radius 1 is 1.15 bits per heavy atom. The van der Waals surface area contributed by atoms with Gasteiger partial charge in [0, 0.05) is 19.1 Å². The summed E-state index contributed by atoms with van der Waals surface area (Å²) in [5, 5.41) is 23.9. The van der Waals surface area contributed by atoms with E-state index in [1.165, 1.54) is 18.4 Å². The minimum atomic E-state index is -3.90. The molecule has 212 valence electrons. The van der Waals surface area contributed by atoms with Gasteiger partial charge in [0.1, 0.15) is 17.7 Å². The monoisotopic (exact) mass is 584 g/mol. The molecular formula is C27H32N6O5S2. The number of nitrogens with zero attached hydrogens (tertiary/aromatic N) is 4. The molecule has 2 aliphatic heterocycles. The predicted molar refractivity (Wildman–Crippen MR) is 152 cm³/mol. The molecule has 3 aliphatic rings. The predicted octanol–water partition coefficient (Wildman–Crippen LogP) is 2.81. The zero-order chi connectivity index (χ0) is 28.3. The Morgan fingerprint density at radius 3 is 2.60 bits per heavy atom. The number of sulfonamides is 1. The fraction of sp³-hybridized carbons (Fsp3) is 0.444. The van der Waals surface area contributed by atoms with E-state index in [9.17, 15) is 23.4 Å². The van der Waals surface area contributed by atoms with Gasteiger partial charge in [0.25, 0.3) is 5.91 Å². The number of pyridine rings is 1. The maximum atomic E-state index is 13.4. The Bertz CT molecular complexity index is 1590. The number of benzene rings is 1. The quantitative estimate of drug-likeness (QED) is 0.314. The largest absolute Gasteiger partial charge is 0.388 e. The number of thiazole rings is 1. The normalized spacial score (nSPS) is 21.7. The molecule has 40 heavy (non-hydrogen) atoms. The molecule has 0 radical (unpaired) electrons. The van der Waals surface area contributed by atoms with Crippen molar-refractivity contribution in [1.82, 2.24) is 19.6 Å². The lowest BCUT2D eigenvalue weighted by atomic mass is 10.0. The molecule has 2 fully saturated rings. The summed E-state index contributed by atoms with van der Waals surface area (Å²) in [6.07, 6.45) is 0.815. The first kappa shape index (κ1) is 27.1. The average Bonchev–Trinajstić information content (AvgIpc) is 3.55. The Kier molecular flexibility index (Phi) is 6.82. The molecule has 1 unspecified atom stereocenters. The van der Waals surface area contributed by atoms with Crippen molar-refractivity contribution < 1.29 is 23.4 Å². The molecule has 1 saturated carbocycles. The number of hydrogen-bond acceptors (Lipinski definition) is 10. The second-order valence-corrected chi connectivity index (χ2v) is 13.5. The second kappa shape index (κ2) is 10.1. The van der Waals surface area contributed by atoms with Gasteiger partial charge in [-0.05, 0) is 81.5 Å². The van der Waals surface area contributed by atoms with Crippen molar-refractivity contribution in [3.63, 3.8) is 0 Å². The highest BCUT2D eigenvalue weighted by atomic mass is 32.2. The third-order valence-electron chi connectivity index (χ3n) is 8.01. The van der Waals surface area contributed by atoms with Gasteiger partial charge in [0.15, 0.2) is 11.4 Å². The summed E-state index contributed by atoms with van der Waals surface area (Å²) in [6.45, 7) is 4.77. The standard InChI is InChI=1S/C27H32N6O5S2/c1-14-24(39-27(29-14)31-21-5-4-6-22(30-21)32-10-9-19(34)25(32)35)17-11-18-13-33(15(2)16-7-8-16)26(36)23(18)20(12-17)40(37,38)28-3/h4-6,11-12,15-16,19,25,28,34-35H,7-10,13H2,1-3H3,(H,29,30,31)/t15-,19+,25?/m0/s1. The molecule has 1 aromatic carbocycles. The third kappa shape index (κ3) is 4.75. The lowest BCUT2D eigenvalue weighted by Crippen LogP contribution is -2.35. The topological polar surface area (TPSA) is 148 Å². The van der Waals surface area contributed by atoms with Crippen molar-refractivity contribution in [3.05, 3.63) is 47.2 Å². The van der Waals surface area contributed by atoms with Gasteiger partial charge in [-0.3, -0.25) is 4.79 Å². The number of aliphatic hydroxyl groups excluding tert-OH is 2. The smallest absolute Gasteiger partial charge is 0.256 e. The summed E-state index contributed by atoms with van der Waals surface area (Å²) in [7, 11) is -2.55. The maximum Gasteiger partial charge on any atom is 0.256 e. The summed E-state index contributed by atoms with van der Waals surface area (Å²) in [4.78, 5) is 26.9. The molecule has 11 nitrogen and oxygen atoms in total. The first-order valence-electron chi connectivity index (χ1n) is 13.3. The van der Waals surface area contributed by atoms with Crippen LogP contribution in [0.5, 0.6) is 0 Å². The van der Waals surface area contributed by atoms with Crippen molar-refractivity contribution in [2.75, 3.05) is 23.8 Å². The van der Waals surface area contributed by atoms with Crippen LogP contribution in [-0.2, 0) is 16.6 Å². The Hall–Kier alpha value is -3.10. The van der Waals surface area contributed by atoms with E-state index >= 15 is 0 Å². The van der Waals surface area contributed by atoms with Crippen molar-refractivity contribution in [2.45, 2.75) is 62.9 Å². The van der Waals surface area contributed by atoms with Crippen molar-refractivity contribution in [1.29, 1.82) is 0 Å². The zero-order valence-corrected chi connectivity index (χ0v) is 24.1. The van der Waals surface area contributed by atoms with Crippen LogP contribution in [0.15, 0.2) is 35.2 Å². The molecule has 13 heteroatoms. The minimum absolute atomic E-state index is 0.0129. The van der Waals surface area contributed by atoms with E-state index in [0.29, 0.717) is 59.0 Å². The van der Waals surface area contributed by atoms with Gasteiger partial charge in [-0.2, -0.15) is 0 Å². The molecule has 6 rings (SSSR count). The molecule has 2 aromatic heterocycles. The lowest BCUT2D eigenvalue weighted by Gasteiger charge is -2.24. The number of nitrogens with one attached hydrogen (secondary N) is 2. The zero-order valence-electron chi connectivity index (χ0n) is 22.5. The number of aryl methyl sites for hydroxylation is 1. The van der Waals surface area contributed by atoms with E-state index < -0.39 is 22.4 Å². The number of amides is 1. The summed E-state index contributed by atoms with van der Waals surface area (Å²) in [6, 6.07) is 8.90. The second-order valence-electron chi connectivity index (χ2n) is 10.6. The van der Waals surface area contributed by atoms with Crippen LogP contribution in [0, 0.1) is 12.8 Å². The SMILES string of the molecule is CNS(=O)(=O)c1cc(-c2sc(Nc3cccc(N4CC[C@@H](O)C4O)n3)nc2C)cc2c1C(=O)N([C@@H](C)C1CC1)C2. The van der Waals surface area contributed by atoms with E-state index in [2.05, 4.69) is 20.0 Å². The summed E-state index contributed by atoms with van der Waals surface area (Å²) in [5.41, 5.74) is 2.34. The number of fused-ring (bicyclic) bond motifs is 1. The van der Waals surface area contributed by atoms with Crippen LogP contribution in [0.3, 0.4) is 0 Å². The van der Waals surface area contributed by atoms with Gasteiger partial charge in [-0.15, -0.1) is 0 Å². The minimum Gasteiger partial charge on any atom is -0.388 e. The maximum absolute atomic E-state index is 13.4. The number of hydrogen-bond donors (Lipinski definition) is 4. The Morgan fingerprint density at radius 2 is 1.93 bits per heavy atom. The van der Waals surface area contributed by atoms with Gasteiger partial charge >= 0.3 is 0 Å². The van der Waals surface area contributed by atoms with E-state index in [-0.39, 0.29) is 22.4 Å². The number of aliphatic hydroxyl groups is 2. The van der Waals surface area contributed by atoms with Crippen LogP contribution in [0.4, 0.5) is 16.8 Å². The molecular weight excluding hydrogens is 552 g/mol. The highest BCUT2D eigenvalue weighted by molar-refractivity contribution is 7.89. The Balaban J connectivity index is 1.32. The lowest BCUT2D eigenvalue weighted by molar-refractivity contribution is 0.0446. The van der Waals surface area contributed by atoms with E-state index in [0.717, 1.165) is 17.7 Å². The van der Waals surface area contributed by atoms with Crippen molar-refractivity contribution in [3.8, 4) is 10.4 Å². The molecule has 4 heterocycles. The summed E-state index contributed by atoms with van der Waals surface area (Å²) < 4.78 is 28.5. The highest BCUT2D eigenvalue weighted by Gasteiger charge is 2.41. The summed E-state index contributed by atoms with van der Waals surface area (Å²) >= 11 is 1.36. The van der Waals surface area contributed by atoms with Crippen molar-refractivity contribution >= 4 is 44.0 Å². The number of carbonyl (C=O) groups excluding carboxylic acids is 1. The van der Waals surface area contributed by atoms with E-state index in [1.807, 2.05) is 26.0 Å². The fourth-order valence-corrected chi connectivity index (χ4v) is 7.49. The molecule has 1 saturated heterocycles. The molecule has 0 spiro atoms. The molecule has 1 aliphatic carbocycles. The van der Waals surface area contributed by atoms with Crippen LogP contribution >= 0.6 is 11.3 Å². The van der Waals surface area contributed by atoms with E-state index in [4.69, 9.17) is 0 Å². The Labute approximate surface area is 236 Å². The molecule has 1 amide bonds. The van der Waals surface area contributed by atoms with Gasteiger partial charge in [0.2, 0.25) is 10.0 Å². The van der Waals surface area contributed by atoms with Crippen LogP contribution in [-0.4, -0.2) is 71.4 Å². The van der Waals surface area contributed by atoms with Gasteiger partial charge in [-0.25, -0.2) is 23.1 Å². The first-order chi connectivity index (χ1) is 19.1. The van der Waals surface area contributed by atoms with Crippen LogP contribution in [0.1, 0.15) is 47.8 Å². The first-order valence-corrected chi connectivity index (χ1v) is 15.6. The van der Waals surface area contributed by atoms with Gasteiger partial charge in [-0.1, -0.05) is 17.4 Å². The third-order valence-corrected chi connectivity index (χ3v) is 10.6. The number of aromatic nitrogens is 2. The highest BCUT2D eigenvalue weighted by Crippen LogP contribution is 2.42. The van der Waals surface area contributed by atoms with Crippen LogP contribution in [0.2, 0.25) is 0 Å². The van der Waals surface area contributed by atoms with Crippen molar-refractivity contribution in [2.24, 2.45) is 5.92 Å². The van der Waals surface area contributed by atoms with E-state index in [1.54, 1.807) is 28.0 Å². The van der Waals surface area contributed by atoms with Gasteiger partial charge < -0.3 is 25.3 Å². The number of carbonyl (C=O) groups is 1. The average molecular weight is 585 g/mol. The molecule has 4 N–H and O–H groups in total. The van der Waals surface area contributed by atoms with Crippen LogP contribution < -0.4 is 14.9 Å². The number of anilines is 3. The molecule has 0 bridgehead atoms. The van der Waals surface area contributed by atoms with Crippen LogP contribution in [0.25, 0.3) is 10.4 Å². The fourth-order valence-electron chi connectivity index (χ4n) is 5.55. The summed E-state index contributed by atoms with van der Waals surface area (Å²) in [5.74, 6) is 1.29. The van der Waals surface area contributed by atoms with Gasteiger partial charge in [0.05, 0.1) is 21.0 Å².